The van der Waals surface area contributed by atoms with Crippen LogP contribution in [-0.2, 0) is 11.3 Å². The van der Waals surface area contributed by atoms with E-state index < -0.39 is 12.6 Å². The van der Waals surface area contributed by atoms with Gasteiger partial charge in [-0.2, -0.15) is 5.10 Å². The van der Waals surface area contributed by atoms with Crippen molar-refractivity contribution in [1.29, 1.82) is 0 Å². The molecule has 1 rings (SSSR count). The Balaban J connectivity index is 2.89. The van der Waals surface area contributed by atoms with E-state index in [4.69, 9.17) is 0 Å². The van der Waals surface area contributed by atoms with E-state index in [1.165, 1.54) is 11.8 Å². The topological polar surface area (TPSA) is 44.1 Å². The number of rotatable bonds is 3. The van der Waals surface area contributed by atoms with Crippen LogP contribution in [0, 0.1) is 3.57 Å². The molecule has 0 aliphatic heterocycles. The van der Waals surface area contributed by atoms with Crippen LogP contribution >= 0.6 is 22.6 Å². The minimum Gasteiger partial charge on any atom is -0.464 e. The zero-order chi connectivity index (χ0) is 9.84. The second kappa shape index (κ2) is 4.54. The van der Waals surface area contributed by atoms with Crippen LogP contribution in [0.4, 0.5) is 4.39 Å². The number of methoxy groups -OCH3 is 1. The predicted molar refractivity (Wildman–Crippen MR) is 52.3 cm³/mol. The lowest BCUT2D eigenvalue weighted by molar-refractivity contribution is 0.0591. The van der Waals surface area contributed by atoms with Crippen LogP contribution in [0.5, 0.6) is 0 Å². The van der Waals surface area contributed by atoms with Gasteiger partial charge in [0.1, 0.15) is 6.67 Å². The van der Waals surface area contributed by atoms with Crippen molar-refractivity contribution in [1.82, 2.24) is 9.78 Å². The third-order valence-corrected chi connectivity index (χ3v) is 2.20. The number of hydrogen-bond donors (Lipinski definition) is 0. The molecule has 0 N–H and O–H groups in total. The smallest absolute Gasteiger partial charge is 0.359 e. The van der Waals surface area contributed by atoms with Gasteiger partial charge in [-0.25, -0.2) is 9.18 Å². The van der Waals surface area contributed by atoms with Gasteiger partial charge in [0.05, 0.1) is 17.2 Å². The Morgan fingerprint density at radius 2 is 2.54 bits per heavy atom. The van der Waals surface area contributed by atoms with Gasteiger partial charge in [-0.3, -0.25) is 4.68 Å². The summed E-state index contributed by atoms with van der Waals surface area (Å²) in [5, 5.41) is 3.86. The van der Waals surface area contributed by atoms with E-state index in [9.17, 15) is 9.18 Å². The number of aromatic nitrogens is 2. The van der Waals surface area contributed by atoms with Crippen molar-refractivity contribution in [3.8, 4) is 0 Å². The van der Waals surface area contributed by atoms with Gasteiger partial charge in [-0.05, 0) is 22.6 Å². The summed E-state index contributed by atoms with van der Waals surface area (Å²) in [6, 6.07) is 0. The van der Waals surface area contributed by atoms with Gasteiger partial charge >= 0.3 is 5.97 Å². The van der Waals surface area contributed by atoms with Crippen molar-refractivity contribution < 1.29 is 13.9 Å². The molecule has 13 heavy (non-hydrogen) atoms. The maximum absolute atomic E-state index is 11.9. The molecule has 0 aromatic carbocycles. The van der Waals surface area contributed by atoms with Crippen molar-refractivity contribution in [2.75, 3.05) is 13.8 Å². The predicted octanol–water partition coefficient (Wildman–Crippen LogP) is 1.24. The summed E-state index contributed by atoms with van der Waals surface area (Å²) in [4.78, 5) is 11.1. The highest BCUT2D eigenvalue weighted by atomic mass is 127. The van der Waals surface area contributed by atoms with Crippen LogP contribution in [0.25, 0.3) is 0 Å². The lowest BCUT2D eigenvalue weighted by atomic mass is 10.4. The monoisotopic (exact) mass is 298 g/mol. The van der Waals surface area contributed by atoms with Gasteiger partial charge in [-0.15, -0.1) is 0 Å². The number of esters is 1. The van der Waals surface area contributed by atoms with E-state index in [1.54, 1.807) is 6.20 Å². The fraction of sp³-hybridized carbons (Fsp3) is 0.429. The third kappa shape index (κ3) is 2.39. The molecule has 1 heterocycles. The zero-order valence-electron chi connectivity index (χ0n) is 6.96. The molecular formula is C7H8FIN2O2. The number of carbonyl (C=O) groups excluding carboxylic acids is 1. The highest BCUT2D eigenvalue weighted by molar-refractivity contribution is 14.1. The Morgan fingerprint density at radius 1 is 1.85 bits per heavy atom. The van der Waals surface area contributed by atoms with Crippen molar-refractivity contribution in [2.45, 2.75) is 6.54 Å². The van der Waals surface area contributed by atoms with Gasteiger partial charge in [0.2, 0.25) is 0 Å². The first-order chi connectivity index (χ1) is 6.19. The van der Waals surface area contributed by atoms with Gasteiger partial charge in [0.15, 0.2) is 5.69 Å². The standard InChI is InChI=1S/C7H8FIN2O2/c1-13-7(12)6-5(9)4-11(10-6)3-2-8/h4H,2-3H2,1H3. The molecule has 0 atom stereocenters. The first kappa shape index (κ1) is 10.4. The molecule has 6 heteroatoms. The molecule has 0 bridgehead atoms. The van der Waals surface area contributed by atoms with E-state index in [-0.39, 0.29) is 12.2 Å². The van der Waals surface area contributed by atoms with Gasteiger partial charge in [0.25, 0.3) is 0 Å². The quantitative estimate of drug-likeness (QED) is 0.623. The van der Waals surface area contributed by atoms with Crippen molar-refractivity contribution in [2.24, 2.45) is 0 Å². The summed E-state index contributed by atoms with van der Waals surface area (Å²) in [7, 11) is 1.28. The number of carbonyl (C=O) groups is 1. The van der Waals surface area contributed by atoms with E-state index in [0.717, 1.165) is 0 Å². The van der Waals surface area contributed by atoms with Crippen LogP contribution in [0.2, 0.25) is 0 Å². The normalized spacial score (nSPS) is 10.1. The highest BCUT2D eigenvalue weighted by Gasteiger charge is 2.14. The lowest BCUT2D eigenvalue weighted by Gasteiger charge is -1.94. The second-order valence-electron chi connectivity index (χ2n) is 2.27. The van der Waals surface area contributed by atoms with E-state index in [2.05, 4.69) is 9.84 Å². The Labute approximate surface area is 88.2 Å². The molecule has 0 aliphatic carbocycles. The number of aryl methyl sites for hydroxylation is 1. The van der Waals surface area contributed by atoms with E-state index in [1.807, 2.05) is 22.6 Å². The molecule has 0 aliphatic rings. The summed E-state index contributed by atoms with van der Waals surface area (Å²) >= 11 is 1.95. The molecule has 0 amide bonds. The zero-order valence-corrected chi connectivity index (χ0v) is 9.12. The van der Waals surface area contributed by atoms with Crippen LogP contribution in [0.3, 0.4) is 0 Å². The number of nitrogens with zero attached hydrogens (tertiary/aromatic N) is 2. The number of halogens is 2. The van der Waals surface area contributed by atoms with E-state index in [0.29, 0.717) is 3.57 Å². The minimum absolute atomic E-state index is 0.160. The summed E-state index contributed by atoms with van der Waals surface area (Å²) in [5.74, 6) is -0.498. The summed E-state index contributed by atoms with van der Waals surface area (Å²) < 4.78 is 18.5. The summed E-state index contributed by atoms with van der Waals surface area (Å²) in [6.45, 7) is -0.342. The summed E-state index contributed by atoms with van der Waals surface area (Å²) in [5.41, 5.74) is 0.233. The van der Waals surface area contributed by atoms with Crippen molar-refractivity contribution in [3.05, 3.63) is 15.5 Å². The molecule has 0 saturated carbocycles. The number of hydrogen-bond acceptors (Lipinski definition) is 3. The molecule has 1 aromatic rings. The second-order valence-corrected chi connectivity index (χ2v) is 3.43. The minimum atomic E-state index is -0.502. The Hall–Kier alpha value is -0.660. The molecule has 0 spiro atoms. The maximum Gasteiger partial charge on any atom is 0.359 e. The summed E-state index contributed by atoms with van der Waals surface area (Å²) in [6.07, 6.45) is 1.60. The van der Waals surface area contributed by atoms with Crippen molar-refractivity contribution in [3.63, 3.8) is 0 Å². The SMILES string of the molecule is COC(=O)c1nn(CCF)cc1I. The largest absolute Gasteiger partial charge is 0.464 e. The first-order valence-corrected chi connectivity index (χ1v) is 4.64. The van der Waals surface area contributed by atoms with Crippen LogP contribution in [0.15, 0.2) is 6.20 Å². The molecule has 1 aromatic heterocycles. The molecular weight excluding hydrogens is 290 g/mol. The average Bonchev–Trinajstić information content (AvgIpc) is 2.46. The van der Waals surface area contributed by atoms with Crippen LogP contribution < -0.4 is 0 Å². The first-order valence-electron chi connectivity index (χ1n) is 3.56. The Bertz CT molecular complexity index is 313. The van der Waals surface area contributed by atoms with E-state index >= 15 is 0 Å². The molecule has 4 nitrogen and oxygen atoms in total. The molecule has 0 saturated heterocycles. The highest BCUT2D eigenvalue weighted by Crippen LogP contribution is 2.10. The Morgan fingerprint density at radius 3 is 3.08 bits per heavy atom. The van der Waals surface area contributed by atoms with Gasteiger partial charge in [-0.1, -0.05) is 0 Å². The molecule has 0 unspecified atom stereocenters. The third-order valence-electron chi connectivity index (χ3n) is 1.41. The number of ether oxygens (including phenoxy) is 1. The fourth-order valence-electron chi connectivity index (χ4n) is 0.833. The average molecular weight is 298 g/mol. The van der Waals surface area contributed by atoms with Crippen LogP contribution in [0.1, 0.15) is 10.5 Å². The molecule has 72 valence electrons. The van der Waals surface area contributed by atoms with Crippen molar-refractivity contribution >= 4 is 28.6 Å². The molecule has 0 radical (unpaired) electrons. The fourth-order valence-corrected chi connectivity index (χ4v) is 1.48. The van der Waals surface area contributed by atoms with Crippen LogP contribution in [-0.4, -0.2) is 29.5 Å². The Kier molecular flexibility index (Phi) is 3.64. The molecule has 0 fully saturated rings. The van der Waals surface area contributed by atoms with Gasteiger partial charge in [0, 0.05) is 6.20 Å². The maximum atomic E-state index is 11.9. The lowest BCUT2D eigenvalue weighted by Crippen LogP contribution is -2.06. The number of alkyl halides is 1. The van der Waals surface area contributed by atoms with Gasteiger partial charge < -0.3 is 4.74 Å².